The van der Waals surface area contributed by atoms with Gasteiger partial charge in [-0.05, 0) is 19.3 Å². The van der Waals surface area contributed by atoms with E-state index >= 15 is 0 Å². The van der Waals surface area contributed by atoms with Crippen molar-refractivity contribution in [2.45, 2.75) is 50.1 Å². The van der Waals surface area contributed by atoms with Crippen molar-refractivity contribution in [1.82, 2.24) is 5.32 Å². The molecule has 0 bridgehead atoms. The third kappa shape index (κ3) is 3.62. The smallest absolute Gasteiger partial charge is 0.249 e. The first-order valence-corrected chi connectivity index (χ1v) is 9.11. The van der Waals surface area contributed by atoms with Crippen molar-refractivity contribution in [3.05, 3.63) is 18.2 Å². The largest absolute Gasteiger partial charge is 0.497 e. The zero-order valence-electron chi connectivity index (χ0n) is 15.4. The van der Waals surface area contributed by atoms with E-state index in [1.165, 1.54) is 0 Å². The highest BCUT2D eigenvalue weighted by atomic mass is 16.5. The van der Waals surface area contributed by atoms with E-state index < -0.39 is 11.6 Å². The van der Waals surface area contributed by atoms with Crippen LogP contribution in [0.3, 0.4) is 0 Å². The maximum absolute atomic E-state index is 12.8. The molecule has 1 heterocycles. The average Bonchev–Trinajstić information content (AvgIpc) is 3.02. The number of nitrogens with two attached hydrogens (primary N) is 1. The van der Waals surface area contributed by atoms with Crippen LogP contribution in [-0.4, -0.2) is 44.2 Å². The van der Waals surface area contributed by atoms with Crippen molar-refractivity contribution in [2.75, 3.05) is 25.7 Å². The zero-order valence-corrected chi connectivity index (χ0v) is 15.4. The van der Waals surface area contributed by atoms with Crippen LogP contribution in [-0.2, 0) is 9.59 Å². The van der Waals surface area contributed by atoms with Gasteiger partial charge in [-0.1, -0.05) is 19.3 Å². The second kappa shape index (κ2) is 7.53. The Morgan fingerprint density at radius 3 is 2.35 bits per heavy atom. The van der Waals surface area contributed by atoms with Crippen molar-refractivity contribution in [3.8, 4) is 11.5 Å². The normalized spacial score (nSPS) is 22.2. The molecular formula is C19H27N3O4. The molecule has 1 aromatic carbocycles. The fraction of sp³-hybridized carbons (Fsp3) is 0.579. The average molecular weight is 361 g/mol. The van der Waals surface area contributed by atoms with Gasteiger partial charge < -0.3 is 25.4 Å². The monoisotopic (exact) mass is 361 g/mol. The van der Waals surface area contributed by atoms with Crippen LogP contribution < -0.4 is 25.4 Å². The molecule has 1 aromatic rings. The van der Waals surface area contributed by atoms with E-state index in [1.807, 2.05) is 0 Å². The van der Waals surface area contributed by atoms with E-state index in [9.17, 15) is 9.59 Å². The van der Waals surface area contributed by atoms with Gasteiger partial charge in [0.05, 0.1) is 25.4 Å². The molecule has 1 aliphatic heterocycles. The molecule has 7 nitrogen and oxygen atoms in total. The summed E-state index contributed by atoms with van der Waals surface area (Å²) in [5.74, 6) is 0.888. The fourth-order valence-corrected chi connectivity index (χ4v) is 3.73. The number of rotatable bonds is 5. The lowest BCUT2D eigenvalue weighted by Crippen LogP contribution is -2.58. The van der Waals surface area contributed by atoms with E-state index in [1.54, 1.807) is 37.3 Å². The van der Waals surface area contributed by atoms with Crippen LogP contribution in [0.4, 0.5) is 5.69 Å². The molecule has 1 unspecified atom stereocenters. The number of hydrogen-bond donors (Lipinski definition) is 2. The Bertz CT molecular complexity index is 663. The van der Waals surface area contributed by atoms with Crippen LogP contribution in [0.15, 0.2) is 18.2 Å². The molecule has 1 saturated heterocycles. The first kappa shape index (κ1) is 18.5. The number of ether oxygens (including phenoxy) is 2. The van der Waals surface area contributed by atoms with Gasteiger partial charge in [0.15, 0.2) is 0 Å². The third-order valence-corrected chi connectivity index (χ3v) is 5.36. The predicted molar refractivity (Wildman–Crippen MR) is 98.5 cm³/mol. The van der Waals surface area contributed by atoms with Crippen molar-refractivity contribution in [3.63, 3.8) is 0 Å². The van der Waals surface area contributed by atoms with E-state index in [0.29, 0.717) is 43.0 Å². The quantitative estimate of drug-likeness (QED) is 0.831. The number of methoxy groups -OCH3 is 2. The highest BCUT2D eigenvalue weighted by Crippen LogP contribution is 2.31. The zero-order chi connectivity index (χ0) is 18.7. The summed E-state index contributed by atoms with van der Waals surface area (Å²) < 4.78 is 10.5. The molecule has 7 heteroatoms. The summed E-state index contributed by atoms with van der Waals surface area (Å²) in [5.41, 5.74) is 6.13. The minimum atomic E-state index is -0.842. The number of nitrogens with zero attached hydrogens (tertiary/aromatic N) is 1. The maximum Gasteiger partial charge on any atom is 0.249 e. The van der Waals surface area contributed by atoms with Crippen LogP contribution in [0, 0.1) is 0 Å². The first-order valence-electron chi connectivity index (χ1n) is 9.11. The fourth-order valence-electron chi connectivity index (χ4n) is 3.73. The van der Waals surface area contributed by atoms with Gasteiger partial charge in [-0.25, -0.2) is 0 Å². The molecule has 142 valence electrons. The molecule has 2 aliphatic rings. The number of nitrogens with one attached hydrogen (secondary N) is 1. The molecule has 1 atom stereocenters. The summed E-state index contributed by atoms with van der Waals surface area (Å²) in [4.78, 5) is 27.1. The number of carbonyl (C=O) groups is 2. The van der Waals surface area contributed by atoms with Gasteiger partial charge in [0.1, 0.15) is 17.5 Å². The number of amides is 2. The molecule has 0 spiro atoms. The Hall–Kier alpha value is -2.28. The van der Waals surface area contributed by atoms with Gasteiger partial charge in [-0.3, -0.25) is 9.59 Å². The van der Waals surface area contributed by atoms with Gasteiger partial charge in [-0.2, -0.15) is 0 Å². The Morgan fingerprint density at radius 1 is 1.15 bits per heavy atom. The second-order valence-corrected chi connectivity index (χ2v) is 7.09. The standard InChI is InChI=1S/C19H27N3O4/c1-25-14-10-13(11-15(12-14)26-2)22-9-6-16(17(22)23)21-18(24)19(20)7-4-3-5-8-19/h10-12,16H,3-9,20H2,1-2H3,(H,21,24). The lowest BCUT2D eigenvalue weighted by molar-refractivity contribution is -0.131. The van der Waals surface area contributed by atoms with E-state index in [4.69, 9.17) is 15.2 Å². The summed E-state index contributed by atoms with van der Waals surface area (Å²) in [7, 11) is 3.14. The molecule has 1 aliphatic carbocycles. The number of hydrogen-bond acceptors (Lipinski definition) is 5. The number of benzene rings is 1. The van der Waals surface area contributed by atoms with Crippen molar-refractivity contribution >= 4 is 17.5 Å². The summed E-state index contributed by atoms with van der Waals surface area (Å²) in [5, 5.41) is 2.88. The first-order chi connectivity index (χ1) is 12.5. The molecule has 26 heavy (non-hydrogen) atoms. The van der Waals surface area contributed by atoms with Crippen LogP contribution in [0.1, 0.15) is 38.5 Å². The molecule has 0 radical (unpaired) electrons. The van der Waals surface area contributed by atoms with E-state index in [2.05, 4.69) is 5.32 Å². The molecule has 2 fully saturated rings. The van der Waals surface area contributed by atoms with Crippen molar-refractivity contribution in [1.29, 1.82) is 0 Å². The Balaban J connectivity index is 1.71. The Morgan fingerprint density at radius 2 is 1.77 bits per heavy atom. The van der Waals surface area contributed by atoms with Gasteiger partial charge in [0.2, 0.25) is 11.8 Å². The highest BCUT2D eigenvalue weighted by molar-refractivity contribution is 6.02. The molecule has 0 aromatic heterocycles. The van der Waals surface area contributed by atoms with Crippen LogP contribution in [0.5, 0.6) is 11.5 Å². The minimum Gasteiger partial charge on any atom is -0.497 e. The molecule has 3 rings (SSSR count). The summed E-state index contributed by atoms with van der Waals surface area (Å²) in [6.45, 7) is 0.525. The van der Waals surface area contributed by atoms with E-state index in [-0.39, 0.29) is 11.8 Å². The number of anilines is 1. The molecule has 1 saturated carbocycles. The SMILES string of the molecule is COc1cc(OC)cc(N2CCC(NC(=O)C3(N)CCCCC3)C2=O)c1. The van der Waals surface area contributed by atoms with Gasteiger partial charge in [0.25, 0.3) is 0 Å². The summed E-state index contributed by atoms with van der Waals surface area (Å²) in [6.07, 6.45) is 4.93. The maximum atomic E-state index is 12.8. The number of carbonyl (C=O) groups excluding carboxylic acids is 2. The Kier molecular flexibility index (Phi) is 5.36. The second-order valence-electron chi connectivity index (χ2n) is 7.09. The Labute approximate surface area is 153 Å². The molecule has 2 amide bonds. The van der Waals surface area contributed by atoms with Crippen LogP contribution in [0.25, 0.3) is 0 Å². The van der Waals surface area contributed by atoms with Gasteiger partial charge >= 0.3 is 0 Å². The summed E-state index contributed by atoms with van der Waals surface area (Å²) in [6, 6.07) is 4.79. The third-order valence-electron chi connectivity index (χ3n) is 5.36. The highest BCUT2D eigenvalue weighted by Gasteiger charge is 2.40. The molecule has 3 N–H and O–H groups in total. The summed E-state index contributed by atoms with van der Waals surface area (Å²) >= 11 is 0. The minimum absolute atomic E-state index is 0.131. The van der Waals surface area contributed by atoms with Crippen LogP contribution >= 0.6 is 0 Å². The lowest BCUT2D eigenvalue weighted by Gasteiger charge is -2.32. The van der Waals surface area contributed by atoms with Crippen molar-refractivity contribution < 1.29 is 19.1 Å². The van der Waals surface area contributed by atoms with Gasteiger partial charge in [-0.15, -0.1) is 0 Å². The van der Waals surface area contributed by atoms with Gasteiger partial charge in [0, 0.05) is 24.7 Å². The van der Waals surface area contributed by atoms with Crippen molar-refractivity contribution in [2.24, 2.45) is 5.73 Å². The van der Waals surface area contributed by atoms with E-state index in [0.717, 1.165) is 19.3 Å². The predicted octanol–water partition coefficient (Wildman–Crippen LogP) is 1.59. The molecular weight excluding hydrogens is 334 g/mol. The van der Waals surface area contributed by atoms with Crippen LogP contribution in [0.2, 0.25) is 0 Å². The topological polar surface area (TPSA) is 93.9 Å². The lowest BCUT2D eigenvalue weighted by atomic mass is 9.81.